The maximum atomic E-state index is 5.35. The molecule has 1 fully saturated rings. The summed E-state index contributed by atoms with van der Waals surface area (Å²) in [4.78, 5) is 0. The lowest BCUT2D eigenvalue weighted by Crippen LogP contribution is -2.42. The summed E-state index contributed by atoms with van der Waals surface area (Å²) in [5, 5.41) is 11.3. The summed E-state index contributed by atoms with van der Waals surface area (Å²) in [6, 6.07) is 0. The minimum absolute atomic E-state index is 0.109. The monoisotopic (exact) mass is 196 g/mol. The lowest BCUT2D eigenvalue weighted by molar-refractivity contribution is 0.171. The molecule has 1 N–H and O–H groups in total. The van der Waals surface area contributed by atoms with Crippen molar-refractivity contribution >= 4 is 0 Å². The van der Waals surface area contributed by atoms with Crippen LogP contribution >= 0.6 is 0 Å². The van der Waals surface area contributed by atoms with Gasteiger partial charge in [-0.2, -0.15) is 0 Å². The van der Waals surface area contributed by atoms with Crippen molar-refractivity contribution in [3.05, 3.63) is 11.9 Å². The summed E-state index contributed by atoms with van der Waals surface area (Å²) >= 11 is 0. The summed E-state index contributed by atoms with van der Waals surface area (Å²) in [5.74, 6) is 0. The largest absolute Gasteiger partial charge is 0.379 e. The van der Waals surface area contributed by atoms with E-state index in [1.165, 1.54) is 0 Å². The summed E-state index contributed by atoms with van der Waals surface area (Å²) in [7, 11) is 1.87. The Morgan fingerprint density at radius 1 is 1.71 bits per heavy atom. The molecule has 1 aromatic rings. The summed E-state index contributed by atoms with van der Waals surface area (Å²) in [5.41, 5.74) is 1.08. The molecule has 1 atom stereocenters. The van der Waals surface area contributed by atoms with Crippen molar-refractivity contribution < 1.29 is 4.74 Å². The topological polar surface area (TPSA) is 52.0 Å². The van der Waals surface area contributed by atoms with Crippen molar-refractivity contribution in [2.45, 2.75) is 25.4 Å². The van der Waals surface area contributed by atoms with E-state index < -0.39 is 0 Å². The van der Waals surface area contributed by atoms with E-state index in [1.54, 1.807) is 4.68 Å². The van der Waals surface area contributed by atoms with Crippen LogP contribution < -0.4 is 5.32 Å². The van der Waals surface area contributed by atoms with Gasteiger partial charge in [0.1, 0.15) is 0 Å². The van der Waals surface area contributed by atoms with Gasteiger partial charge < -0.3 is 10.1 Å². The summed E-state index contributed by atoms with van der Waals surface area (Å²) in [6.07, 6.45) is 2.99. The second kappa shape index (κ2) is 3.67. The zero-order valence-electron chi connectivity index (χ0n) is 8.66. The van der Waals surface area contributed by atoms with Crippen LogP contribution in [0.25, 0.3) is 0 Å². The van der Waals surface area contributed by atoms with E-state index in [1.807, 2.05) is 13.2 Å². The maximum Gasteiger partial charge on any atom is 0.0964 e. The highest BCUT2D eigenvalue weighted by molar-refractivity contribution is 4.95. The number of nitrogens with zero attached hydrogens (tertiary/aromatic N) is 3. The Morgan fingerprint density at radius 3 is 3.14 bits per heavy atom. The van der Waals surface area contributed by atoms with Crippen LogP contribution in [-0.2, 0) is 18.3 Å². The van der Waals surface area contributed by atoms with Crippen LogP contribution in [0.2, 0.25) is 0 Å². The molecule has 1 aromatic heterocycles. The SMILES string of the molecule is Cn1cc(CNC2(C)CCOC2)nn1. The lowest BCUT2D eigenvalue weighted by atomic mass is 10.0. The van der Waals surface area contributed by atoms with Gasteiger partial charge in [0.05, 0.1) is 12.3 Å². The minimum atomic E-state index is 0.109. The third-order valence-electron chi connectivity index (χ3n) is 2.57. The van der Waals surface area contributed by atoms with Crippen molar-refractivity contribution in [2.75, 3.05) is 13.2 Å². The highest BCUT2D eigenvalue weighted by atomic mass is 16.5. The molecule has 14 heavy (non-hydrogen) atoms. The summed E-state index contributed by atoms with van der Waals surface area (Å²) in [6.45, 7) is 4.57. The van der Waals surface area contributed by atoms with Gasteiger partial charge in [-0.1, -0.05) is 5.21 Å². The van der Waals surface area contributed by atoms with E-state index >= 15 is 0 Å². The van der Waals surface area contributed by atoms with Gasteiger partial charge in [-0.3, -0.25) is 4.68 Å². The Balaban J connectivity index is 1.87. The predicted molar refractivity (Wildman–Crippen MR) is 51.7 cm³/mol. The molecule has 5 nitrogen and oxygen atoms in total. The fraction of sp³-hybridized carbons (Fsp3) is 0.778. The van der Waals surface area contributed by atoms with Crippen LogP contribution in [0, 0.1) is 0 Å². The van der Waals surface area contributed by atoms with E-state index in [4.69, 9.17) is 4.74 Å². The molecule has 5 heteroatoms. The predicted octanol–water partition coefficient (Wildman–Crippen LogP) is 0.0837. The Bertz CT molecular complexity index is 304. The molecule has 1 aliphatic heterocycles. The molecule has 0 radical (unpaired) electrons. The standard InChI is InChI=1S/C9H16N4O/c1-9(3-4-14-7-9)10-5-8-6-13(2)12-11-8/h6,10H,3-5,7H2,1-2H3. The average Bonchev–Trinajstić information content (AvgIpc) is 2.73. The molecule has 1 unspecified atom stereocenters. The first kappa shape index (κ1) is 9.61. The van der Waals surface area contributed by atoms with E-state index in [0.717, 1.165) is 31.9 Å². The zero-order valence-corrected chi connectivity index (χ0v) is 8.66. The third-order valence-corrected chi connectivity index (χ3v) is 2.57. The fourth-order valence-corrected chi connectivity index (χ4v) is 1.59. The van der Waals surface area contributed by atoms with E-state index in [2.05, 4.69) is 22.6 Å². The van der Waals surface area contributed by atoms with E-state index in [9.17, 15) is 0 Å². The second-order valence-electron chi connectivity index (χ2n) is 4.10. The van der Waals surface area contributed by atoms with E-state index in [0.29, 0.717) is 0 Å². The Morgan fingerprint density at radius 2 is 2.57 bits per heavy atom. The quantitative estimate of drug-likeness (QED) is 0.744. The van der Waals surface area contributed by atoms with Gasteiger partial charge in [-0.15, -0.1) is 5.10 Å². The van der Waals surface area contributed by atoms with Crippen molar-refractivity contribution in [1.82, 2.24) is 20.3 Å². The number of aromatic nitrogens is 3. The number of hydrogen-bond donors (Lipinski definition) is 1. The van der Waals surface area contributed by atoms with Crippen LogP contribution in [0.3, 0.4) is 0 Å². The van der Waals surface area contributed by atoms with Gasteiger partial charge in [0.25, 0.3) is 0 Å². The molecule has 78 valence electrons. The molecule has 0 aliphatic carbocycles. The normalized spacial score (nSPS) is 27.0. The van der Waals surface area contributed by atoms with Crippen LogP contribution in [0.1, 0.15) is 19.0 Å². The first-order valence-corrected chi connectivity index (χ1v) is 4.86. The highest BCUT2D eigenvalue weighted by Crippen LogP contribution is 2.17. The number of hydrogen-bond acceptors (Lipinski definition) is 4. The third kappa shape index (κ3) is 2.10. The van der Waals surface area contributed by atoms with Crippen LogP contribution in [-0.4, -0.2) is 33.7 Å². The minimum Gasteiger partial charge on any atom is -0.379 e. The highest BCUT2D eigenvalue weighted by Gasteiger charge is 2.28. The number of nitrogens with one attached hydrogen (secondary N) is 1. The number of ether oxygens (including phenoxy) is 1. The Kier molecular flexibility index (Phi) is 2.52. The lowest BCUT2D eigenvalue weighted by Gasteiger charge is -2.22. The van der Waals surface area contributed by atoms with Crippen molar-refractivity contribution in [3.63, 3.8) is 0 Å². The van der Waals surface area contributed by atoms with Gasteiger partial charge in [-0.25, -0.2) is 0 Å². The Labute approximate surface area is 83.4 Å². The number of aryl methyl sites for hydroxylation is 1. The first-order chi connectivity index (χ1) is 6.68. The molecule has 2 heterocycles. The molecule has 0 saturated carbocycles. The molecule has 2 rings (SSSR count). The van der Waals surface area contributed by atoms with Gasteiger partial charge in [0, 0.05) is 31.9 Å². The van der Waals surface area contributed by atoms with Crippen molar-refractivity contribution in [2.24, 2.45) is 7.05 Å². The second-order valence-corrected chi connectivity index (χ2v) is 4.10. The fourth-order valence-electron chi connectivity index (χ4n) is 1.59. The molecular formula is C9H16N4O. The van der Waals surface area contributed by atoms with Crippen LogP contribution in [0.4, 0.5) is 0 Å². The van der Waals surface area contributed by atoms with Crippen molar-refractivity contribution in [3.8, 4) is 0 Å². The molecule has 0 aromatic carbocycles. The Hall–Kier alpha value is -0.940. The molecule has 1 saturated heterocycles. The molecule has 0 bridgehead atoms. The average molecular weight is 196 g/mol. The summed E-state index contributed by atoms with van der Waals surface area (Å²) < 4.78 is 7.06. The number of rotatable bonds is 3. The van der Waals surface area contributed by atoms with Crippen molar-refractivity contribution in [1.29, 1.82) is 0 Å². The molecule has 0 spiro atoms. The van der Waals surface area contributed by atoms with Gasteiger partial charge in [0.2, 0.25) is 0 Å². The zero-order chi connectivity index (χ0) is 10.0. The smallest absolute Gasteiger partial charge is 0.0964 e. The molecule has 1 aliphatic rings. The van der Waals surface area contributed by atoms with Crippen LogP contribution in [0.5, 0.6) is 0 Å². The van der Waals surface area contributed by atoms with Gasteiger partial charge in [0.15, 0.2) is 0 Å². The van der Waals surface area contributed by atoms with Gasteiger partial charge >= 0.3 is 0 Å². The van der Waals surface area contributed by atoms with E-state index in [-0.39, 0.29) is 5.54 Å². The van der Waals surface area contributed by atoms with Gasteiger partial charge in [-0.05, 0) is 13.3 Å². The first-order valence-electron chi connectivity index (χ1n) is 4.86. The maximum absolute atomic E-state index is 5.35. The van der Waals surface area contributed by atoms with Crippen LogP contribution in [0.15, 0.2) is 6.20 Å². The molecule has 0 amide bonds. The molecular weight excluding hydrogens is 180 g/mol.